The third-order valence-corrected chi connectivity index (χ3v) is 3.24. The molecular weight excluding hydrogens is 178 g/mol. The van der Waals surface area contributed by atoms with E-state index in [0.29, 0.717) is 0 Å². The molecule has 1 aliphatic heterocycles. The van der Waals surface area contributed by atoms with Crippen molar-refractivity contribution in [2.75, 3.05) is 13.1 Å². The van der Waals surface area contributed by atoms with Gasteiger partial charge in [-0.05, 0) is 32.7 Å². The number of carbonyl (C=O) groups is 1. The van der Waals surface area contributed by atoms with Crippen LogP contribution in [0.2, 0.25) is 0 Å². The summed E-state index contributed by atoms with van der Waals surface area (Å²) in [6, 6.07) is 0. The zero-order valence-electron chi connectivity index (χ0n) is 9.43. The molecule has 2 atom stereocenters. The summed E-state index contributed by atoms with van der Waals surface area (Å²) in [7, 11) is 0. The van der Waals surface area contributed by atoms with Gasteiger partial charge in [0.05, 0.1) is 11.5 Å². The molecule has 3 heteroatoms. The predicted molar refractivity (Wildman–Crippen MR) is 56.1 cm³/mol. The lowest BCUT2D eigenvalue weighted by molar-refractivity contribution is -0.160. The van der Waals surface area contributed by atoms with Gasteiger partial charge in [0.25, 0.3) is 0 Å². The SMILES string of the molecule is CCC(C)OC(=O)C1(CC)CCNC1. The predicted octanol–water partition coefficient (Wildman–Crippen LogP) is 1.72. The van der Waals surface area contributed by atoms with Crippen molar-refractivity contribution in [3.8, 4) is 0 Å². The lowest BCUT2D eigenvalue weighted by Crippen LogP contribution is -2.36. The smallest absolute Gasteiger partial charge is 0.313 e. The highest BCUT2D eigenvalue weighted by atomic mass is 16.5. The Morgan fingerprint density at radius 2 is 2.29 bits per heavy atom. The zero-order valence-corrected chi connectivity index (χ0v) is 9.43. The van der Waals surface area contributed by atoms with Crippen LogP contribution in [0, 0.1) is 5.41 Å². The molecule has 0 aliphatic carbocycles. The van der Waals surface area contributed by atoms with E-state index in [0.717, 1.165) is 32.4 Å². The summed E-state index contributed by atoms with van der Waals surface area (Å²) in [5.74, 6) is -0.0145. The van der Waals surface area contributed by atoms with Gasteiger partial charge >= 0.3 is 5.97 Å². The van der Waals surface area contributed by atoms with Crippen LogP contribution in [0.15, 0.2) is 0 Å². The summed E-state index contributed by atoms with van der Waals surface area (Å²) in [4.78, 5) is 11.9. The quantitative estimate of drug-likeness (QED) is 0.701. The van der Waals surface area contributed by atoms with Crippen LogP contribution in [0.5, 0.6) is 0 Å². The standard InChI is InChI=1S/C11H21NO2/c1-4-9(3)14-10(13)11(5-2)6-7-12-8-11/h9,12H,4-8H2,1-3H3. The van der Waals surface area contributed by atoms with Gasteiger partial charge in [-0.1, -0.05) is 13.8 Å². The molecule has 1 heterocycles. The summed E-state index contributed by atoms with van der Waals surface area (Å²) in [5, 5.41) is 3.24. The van der Waals surface area contributed by atoms with E-state index >= 15 is 0 Å². The summed E-state index contributed by atoms with van der Waals surface area (Å²) >= 11 is 0. The van der Waals surface area contributed by atoms with E-state index in [4.69, 9.17) is 4.74 Å². The van der Waals surface area contributed by atoms with E-state index in [2.05, 4.69) is 12.2 Å². The largest absolute Gasteiger partial charge is 0.462 e. The Morgan fingerprint density at radius 1 is 1.57 bits per heavy atom. The maximum absolute atomic E-state index is 11.9. The van der Waals surface area contributed by atoms with Crippen LogP contribution >= 0.6 is 0 Å². The fourth-order valence-electron chi connectivity index (χ4n) is 1.76. The number of esters is 1. The summed E-state index contributed by atoms with van der Waals surface area (Å²) < 4.78 is 5.40. The first-order chi connectivity index (χ1) is 6.64. The van der Waals surface area contributed by atoms with Gasteiger partial charge in [-0.25, -0.2) is 0 Å². The summed E-state index contributed by atoms with van der Waals surface area (Å²) in [5.41, 5.74) is -0.247. The second kappa shape index (κ2) is 4.78. The molecule has 82 valence electrons. The van der Waals surface area contributed by atoms with Crippen molar-refractivity contribution in [1.82, 2.24) is 5.32 Å². The second-order valence-electron chi connectivity index (χ2n) is 4.18. The molecule has 1 aliphatic rings. The highest BCUT2D eigenvalue weighted by molar-refractivity contribution is 5.77. The van der Waals surface area contributed by atoms with Gasteiger partial charge in [0.1, 0.15) is 0 Å². The topological polar surface area (TPSA) is 38.3 Å². The van der Waals surface area contributed by atoms with E-state index in [1.807, 2.05) is 13.8 Å². The van der Waals surface area contributed by atoms with Crippen molar-refractivity contribution in [2.24, 2.45) is 5.41 Å². The molecule has 2 unspecified atom stereocenters. The molecule has 0 spiro atoms. The Labute approximate surface area is 86.2 Å². The normalized spacial score (nSPS) is 28.8. The fraction of sp³-hybridized carbons (Fsp3) is 0.909. The van der Waals surface area contributed by atoms with Crippen molar-refractivity contribution in [1.29, 1.82) is 0 Å². The van der Waals surface area contributed by atoms with Crippen LogP contribution in [0.1, 0.15) is 40.0 Å². The molecule has 1 N–H and O–H groups in total. The van der Waals surface area contributed by atoms with Crippen LogP contribution in [-0.2, 0) is 9.53 Å². The molecule has 0 radical (unpaired) electrons. The lowest BCUT2D eigenvalue weighted by Gasteiger charge is -2.26. The molecule has 1 rings (SSSR count). The van der Waals surface area contributed by atoms with Gasteiger partial charge in [0.2, 0.25) is 0 Å². The van der Waals surface area contributed by atoms with Gasteiger partial charge in [-0.3, -0.25) is 4.79 Å². The average molecular weight is 199 g/mol. The number of carbonyl (C=O) groups excluding carboxylic acids is 1. The molecule has 1 saturated heterocycles. The van der Waals surface area contributed by atoms with Crippen LogP contribution in [-0.4, -0.2) is 25.2 Å². The molecule has 14 heavy (non-hydrogen) atoms. The Hall–Kier alpha value is -0.570. The summed E-state index contributed by atoms with van der Waals surface area (Å²) in [6.45, 7) is 7.75. The van der Waals surface area contributed by atoms with Crippen LogP contribution in [0.4, 0.5) is 0 Å². The highest BCUT2D eigenvalue weighted by Gasteiger charge is 2.41. The zero-order chi connectivity index (χ0) is 10.6. The van der Waals surface area contributed by atoms with Gasteiger partial charge in [-0.15, -0.1) is 0 Å². The van der Waals surface area contributed by atoms with Gasteiger partial charge < -0.3 is 10.1 Å². The van der Waals surface area contributed by atoms with E-state index in [9.17, 15) is 4.79 Å². The Bertz CT molecular complexity index is 197. The molecule has 0 saturated carbocycles. The van der Waals surface area contributed by atoms with Gasteiger partial charge in [0, 0.05) is 6.54 Å². The average Bonchev–Trinajstić information content (AvgIpc) is 2.67. The third kappa shape index (κ3) is 2.27. The molecule has 1 fully saturated rings. The summed E-state index contributed by atoms with van der Waals surface area (Å²) in [6.07, 6.45) is 2.72. The monoisotopic (exact) mass is 199 g/mol. The number of ether oxygens (including phenoxy) is 1. The molecule has 0 aromatic heterocycles. The molecule has 0 aromatic rings. The number of hydrogen-bond donors (Lipinski definition) is 1. The minimum Gasteiger partial charge on any atom is -0.462 e. The van der Waals surface area contributed by atoms with Crippen molar-refractivity contribution < 1.29 is 9.53 Å². The highest BCUT2D eigenvalue weighted by Crippen LogP contribution is 2.31. The second-order valence-corrected chi connectivity index (χ2v) is 4.18. The third-order valence-electron chi connectivity index (χ3n) is 3.24. The Balaban J connectivity index is 2.56. The fourth-order valence-corrected chi connectivity index (χ4v) is 1.76. The maximum atomic E-state index is 11.9. The van der Waals surface area contributed by atoms with Gasteiger partial charge in [-0.2, -0.15) is 0 Å². The van der Waals surface area contributed by atoms with Gasteiger partial charge in [0.15, 0.2) is 0 Å². The minimum atomic E-state index is -0.247. The van der Waals surface area contributed by atoms with Crippen molar-refractivity contribution in [3.63, 3.8) is 0 Å². The van der Waals surface area contributed by atoms with E-state index in [-0.39, 0.29) is 17.5 Å². The van der Waals surface area contributed by atoms with Crippen LogP contribution < -0.4 is 5.32 Å². The number of rotatable bonds is 4. The van der Waals surface area contributed by atoms with E-state index in [1.165, 1.54) is 0 Å². The first-order valence-electron chi connectivity index (χ1n) is 5.56. The maximum Gasteiger partial charge on any atom is 0.313 e. The van der Waals surface area contributed by atoms with Crippen LogP contribution in [0.3, 0.4) is 0 Å². The lowest BCUT2D eigenvalue weighted by atomic mass is 9.84. The number of nitrogens with one attached hydrogen (secondary N) is 1. The molecule has 0 aromatic carbocycles. The molecule has 0 bridgehead atoms. The molecule has 3 nitrogen and oxygen atoms in total. The number of hydrogen-bond acceptors (Lipinski definition) is 3. The van der Waals surface area contributed by atoms with E-state index in [1.54, 1.807) is 0 Å². The first-order valence-corrected chi connectivity index (χ1v) is 5.56. The minimum absolute atomic E-state index is 0.0145. The first kappa shape index (κ1) is 11.5. The van der Waals surface area contributed by atoms with Crippen LogP contribution in [0.25, 0.3) is 0 Å². The van der Waals surface area contributed by atoms with Crippen molar-refractivity contribution in [3.05, 3.63) is 0 Å². The van der Waals surface area contributed by atoms with Crippen molar-refractivity contribution in [2.45, 2.75) is 46.1 Å². The van der Waals surface area contributed by atoms with E-state index < -0.39 is 0 Å². The van der Waals surface area contributed by atoms with Crippen molar-refractivity contribution >= 4 is 5.97 Å². The Morgan fingerprint density at radius 3 is 2.71 bits per heavy atom. The molecule has 0 amide bonds. The molecular formula is C11H21NO2. The Kier molecular flexibility index (Phi) is 3.93.